The molecule has 0 bridgehead atoms. The van der Waals surface area contributed by atoms with Gasteiger partial charge in [-0.05, 0) is 18.2 Å². The van der Waals surface area contributed by atoms with Crippen LogP contribution in [0.2, 0.25) is 5.02 Å². The van der Waals surface area contributed by atoms with Crippen LogP contribution in [0.4, 0.5) is 5.82 Å². The maximum Gasteiger partial charge on any atom is 0.166 e. The molecular weight excluding hydrogens is 188 g/mol. The first kappa shape index (κ1) is 8.07. The van der Waals surface area contributed by atoms with E-state index in [0.29, 0.717) is 10.8 Å². The van der Waals surface area contributed by atoms with Crippen LogP contribution in [-0.4, -0.2) is 15.0 Å². The molecular formula is C8H7ClN4. The first-order valence-electron chi connectivity index (χ1n) is 3.69. The summed E-state index contributed by atoms with van der Waals surface area (Å²) in [6.07, 6.45) is 1.63. The van der Waals surface area contributed by atoms with Crippen LogP contribution in [0.5, 0.6) is 0 Å². The fourth-order valence-corrected chi connectivity index (χ4v) is 1.21. The molecule has 0 fully saturated rings. The Labute approximate surface area is 79.9 Å². The van der Waals surface area contributed by atoms with Crippen LogP contribution in [-0.2, 0) is 0 Å². The monoisotopic (exact) mass is 194 g/mol. The smallest absolute Gasteiger partial charge is 0.166 e. The number of nitrogens with zero attached hydrogens (tertiary/aromatic N) is 3. The van der Waals surface area contributed by atoms with Gasteiger partial charge in [0, 0.05) is 5.02 Å². The van der Waals surface area contributed by atoms with Crippen molar-refractivity contribution in [3.8, 4) is 5.69 Å². The van der Waals surface area contributed by atoms with Crippen molar-refractivity contribution < 1.29 is 0 Å². The number of nitrogens with two attached hydrogens (primary N) is 1. The summed E-state index contributed by atoms with van der Waals surface area (Å²) in [5.41, 5.74) is 6.27. The summed E-state index contributed by atoms with van der Waals surface area (Å²) in [6, 6.07) is 7.30. The van der Waals surface area contributed by atoms with Crippen LogP contribution in [0, 0.1) is 0 Å². The highest BCUT2D eigenvalue weighted by molar-refractivity contribution is 6.30. The maximum atomic E-state index is 5.81. The third kappa shape index (κ3) is 1.62. The van der Waals surface area contributed by atoms with Crippen LogP contribution in [0.3, 0.4) is 0 Å². The van der Waals surface area contributed by atoms with Gasteiger partial charge in [0.15, 0.2) is 5.82 Å². The van der Waals surface area contributed by atoms with Gasteiger partial charge >= 0.3 is 0 Å². The lowest BCUT2D eigenvalue weighted by molar-refractivity contribution is 0.804. The lowest BCUT2D eigenvalue weighted by atomic mass is 10.3. The quantitative estimate of drug-likeness (QED) is 0.749. The first-order valence-corrected chi connectivity index (χ1v) is 4.07. The van der Waals surface area contributed by atoms with Crippen molar-refractivity contribution in [2.75, 3.05) is 5.73 Å². The van der Waals surface area contributed by atoms with Crippen molar-refractivity contribution in [2.45, 2.75) is 0 Å². The van der Waals surface area contributed by atoms with E-state index in [1.807, 2.05) is 12.1 Å². The zero-order valence-corrected chi connectivity index (χ0v) is 7.44. The van der Waals surface area contributed by atoms with E-state index in [9.17, 15) is 0 Å². The Morgan fingerprint density at radius 2 is 2.23 bits per heavy atom. The third-order valence-electron chi connectivity index (χ3n) is 1.58. The minimum absolute atomic E-state index is 0.389. The van der Waals surface area contributed by atoms with Gasteiger partial charge < -0.3 is 5.73 Å². The molecule has 0 aliphatic rings. The van der Waals surface area contributed by atoms with E-state index in [1.165, 1.54) is 0 Å². The van der Waals surface area contributed by atoms with Crippen molar-refractivity contribution >= 4 is 17.4 Å². The second-order valence-corrected chi connectivity index (χ2v) is 3.00. The first-order chi connectivity index (χ1) is 6.25. The van der Waals surface area contributed by atoms with E-state index < -0.39 is 0 Å². The predicted octanol–water partition coefficient (Wildman–Crippen LogP) is 1.50. The molecule has 0 unspecified atom stereocenters. The molecule has 0 radical (unpaired) electrons. The van der Waals surface area contributed by atoms with Gasteiger partial charge in [-0.1, -0.05) is 22.9 Å². The Morgan fingerprint density at radius 1 is 1.38 bits per heavy atom. The summed E-state index contributed by atoms with van der Waals surface area (Å²) in [6.45, 7) is 0. The Bertz CT molecular complexity index is 424. The third-order valence-corrected chi connectivity index (χ3v) is 1.82. The minimum Gasteiger partial charge on any atom is -0.381 e. The van der Waals surface area contributed by atoms with E-state index in [4.69, 9.17) is 17.3 Å². The van der Waals surface area contributed by atoms with E-state index in [-0.39, 0.29) is 0 Å². The number of hydrogen-bond donors (Lipinski definition) is 1. The molecule has 1 aromatic heterocycles. The van der Waals surface area contributed by atoms with Gasteiger partial charge in [0.2, 0.25) is 0 Å². The van der Waals surface area contributed by atoms with E-state index in [2.05, 4.69) is 10.3 Å². The maximum absolute atomic E-state index is 5.81. The highest BCUT2D eigenvalue weighted by Gasteiger charge is 1.99. The summed E-state index contributed by atoms with van der Waals surface area (Å²) in [4.78, 5) is 0. The lowest BCUT2D eigenvalue weighted by Crippen LogP contribution is -1.93. The number of halogens is 1. The molecule has 2 N–H and O–H groups in total. The highest BCUT2D eigenvalue weighted by atomic mass is 35.5. The van der Waals surface area contributed by atoms with Gasteiger partial charge in [-0.3, -0.25) is 0 Å². The van der Waals surface area contributed by atoms with Crippen molar-refractivity contribution in [1.82, 2.24) is 15.0 Å². The fourth-order valence-electron chi connectivity index (χ4n) is 1.02. The molecule has 66 valence electrons. The van der Waals surface area contributed by atoms with Crippen LogP contribution >= 0.6 is 11.6 Å². The summed E-state index contributed by atoms with van der Waals surface area (Å²) < 4.78 is 1.57. The molecule has 0 aliphatic heterocycles. The van der Waals surface area contributed by atoms with Crippen LogP contribution in [0.15, 0.2) is 30.5 Å². The van der Waals surface area contributed by atoms with E-state index in [0.717, 1.165) is 5.69 Å². The zero-order valence-electron chi connectivity index (χ0n) is 6.68. The molecule has 0 amide bonds. The van der Waals surface area contributed by atoms with Crippen molar-refractivity contribution in [2.24, 2.45) is 0 Å². The summed E-state index contributed by atoms with van der Waals surface area (Å²) in [7, 11) is 0. The topological polar surface area (TPSA) is 56.7 Å². The normalized spacial score (nSPS) is 10.2. The standard InChI is InChI=1S/C8H7ClN4/c9-6-2-1-3-7(4-6)13-5-8(10)11-12-13/h1-5H,10H2. The minimum atomic E-state index is 0.389. The van der Waals surface area contributed by atoms with Gasteiger partial charge in [-0.15, -0.1) is 5.10 Å². The molecule has 13 heavy (non-hydrogen) atoms. The second kappa shape index (κ2) is 3.06. The summed E-state index contributed by atoms with van der Waals surface area (Å²) in [5, 5.41) is 8.14. The second-order valence-electron chi connectivity index (χ2n) is 2.57. The molecule has 5 heteroatoms. The van der Waals surface area contributed by atoms with E-state index >= 15 is 0 Å². The largest absolute Gasteiger partial charge is 0.381 e. The summed E-state index contributed by atoms with van der Waals surface area (Å²) >= 11 is 5.81. The molecule has 2 rings (SSSR count). The van der Waals surface area contributed by atoms with Gasteiger partial charge in [0.25, 0.3) is 0 Å². The van der Waals surface area contributed by atoms with Crippen molar-refractivity contribution in [3.05, 3.63) is 35.5 Å². The van der Waals surface area contributed by atoms with Crippen molar-refractivity contribution in [1.29, 1.82) is 0 Å². The molecule has 1 aromatic carbocycles. The molecule has 0 saturated heterocycles. The Morgan fingerprint density at radius 3 is 2.85 bits per heavy atom. The number of nitrogen functional groups attached to an aromatic ring is 1. The fraction of sp³-hybridized carbons (Fsp3) is 0. The van der Waals surface area contributed by atoms with Crippen molar-refractivity contribution in [3.63, 3.8) is 0 Å². The molecule has 4 nitrogen and oxygen atoms in total. The number of benzene rings is 1. The molecule has 1 heterocycles. The summed E-state index contributed by atoms with van der Waals surface area (Å²) in [5.74, 6) is 0.389. The molecule has 0 aliphatic carbocycles. The average molecular weight is 195 g/mol. The van der Waals surface area contributed by atoms with Crippen LogP contribution in [0.1, 0.15) is 0 Å². The molecule has 0 saturated carbocycles. The van der Waals surface area contributed by atoms with Gasteiger partial charge in [-0.2, -0.15) is 0 Å². The van der Waals surface area contributed by atoms with E-state index in [1.54, 1.807) is 23.0 Å². The van der Waals surface area contributed by atoms with Gasteiger partial charge in [0.05, 0.1) is 11.9 Å². The number of anilines is 1. The molecule has 0 spiro atoms. The van der Waals surface area contributed by atoms with Crippen LogP contribution in [0.25, 0.3) is 5.69 Å². The van der Waals surface area contributed by atoms with Gasteiger partial charge in [0.1, 0.15) is 0 Å². The van der Waals surface area contributed by atoms with Gasteiger partial charge in [-0.25, -0.2) is 4.68 Å². The highest BCUT2D eigenvalue weighted by Crippen LogP contribution is 2.13. The number of hydrogen-bond acceptors (Lipinski definition) is 3. The number of rotatable bonds is 1. The SMILES string of the molecule is Nc1cn(-c2cccc(Cl)c2)nn1. The Balaban J connectivity index is 2.46. The Kier molecular flexibility index (Phi) is 1.90. The predicted molar refractivity (Wildman–Crippen MR) is 50.8 cm³/mol. The number of aromatic nitrogens is 3. The van der Waals surface area contributed by atoms with Crippen LogP contribution < -0.4 is 5.73 Å². The lowest BCUT2D eigenvalue weighted by Gasteiger charge is -1.98. The zero-order chi connectivity index (χ0) is 9.26. The Hall–Kier alpha value is -1.55. The molecule has 2 aromatic rings. The average Bonchev–Trinajstić information content (AvgIpc) is 2.52. The molecule has 0 atom stereocenters.